The number of hydrogen-bond acceptors (Lipinski definition) is 3. The van der Waals surface area contributed by atoms with Crippen LogP contribution in [0.4, 0.5) is 0 Å². The minimum absolute atomic E-state index is 0.0700. The molecule has 1 aromatic carbocycles. The predicted molar refractivity (Wildman–Crippen MR) is 166 cm³/mol. The lowest BCUT2D eigenvalue weighted by atomic mass is 9.69. The Hall–Kier alpha value is -1.71. The lowest BCUT2D eigenvalue weighted by Crippen LogP contribution is -2.34. The monoisotopic (exact) mass is 545 g/mol. The molecule has 6 rings (SSSR count). The number of benzene rings is 1. The Labute approximate surface area is 244 Å². The van der Waals surface area contributed by atoms with Crippen LogP contribution in [0.15, 0.2) is 24.3 Å². The highest BCUT2D eigenvalue weighted by atomic mass is 16.5. The lowest BCUT2D eigenvalue weighted by Gasteiger charge is -2.39. The smallest absolute Gasteiger partial charge is 0.111 e. The average molecular weight is 546 g/mol. The van der Waals surface area contributed by atoms with Gasteiger partial charge in [0.05, 0.1) is 17.4 Å². The molecule has 0 amide bonds. The fourth-order valence-corrected chi connectivity index (χ4v) is 7.88. The number of aromatic nitrogens is 1. The first-order chi connectivity index (χ1) is 19.0. The number of hydrogen-bond donors (Lipinski definition) is 1. The molecule has 2 aromatic rings. The normalized spacial score (nSPS) is 29.1. The number of nitrogens with zero attached hydrogens (tertiary/aromatic N) is 1. The third-order valence-electron chi connectivity index (χ3n) is 10.6. The van der Waals surface area contributed by atoms with Crippen LogP contribution in [0.3, 0.4) is 0 Å². The highest BCUT2D eigenvalue weighted by molar-refractivity contribution is 5.55. The summed E-state index contributed by atoms with van der Waals surface area (Å²) in [7, 11) is 0. The summed E-state index contributed by atoms with van der Waals surface area (Å²) in [4.78, 5) is 5.47. The highest BCUT2D eigenvalue weighted by Crippen LogP contribution is 2.61. The Morgan fingerprint density at radius 1 is 0.975 bits per heavy atom. The number of rotatable bonds is 4. The molecule has 4 atom stereocenters. The Morgan fingerprint density at radius 2 is 1.62 bits per heavy atom. The average Bonchev–Trinajstić information content (AvgIpc) is 3.64. The number of ether oxygens (including phenoxy) is 1. The lowest BCUT2D eigenvalue weighted by molar-refractivity contribution is -0.0842. The number of aliphatic hydroxyl groups excluding tert-OH is 1. The first-order valence-electron chi connectivity index (χ1n) is 16.5. The molecule has 3 heteroatoms. The van der Waals surface area contributed by atoms with E-state index in [-0.39, 0.29) is 17.1 Å². The van der Waals surface area contributed by atoms with Crippen molar-refractivity contribution in [1.29, 1.82) is 0 Å². The molecule has 4 unspecified atom stereocenters. The molecule has 40 heavy (non-hydrogen) atoms. The Kier molecular flexibility index (Phi) is 8.57. The van der Waals surface area contributed by atoms with Gasteiger partial charge in [-0.05, 0) is 84.8 Å². The van der Waals surface area contributed by atoms with Crippen LogP contribution in [0, 0.1) is 17.3 Å². The van der Waals surface area contributed by atoms with Crippen LogP contribution in [0.2, 0.25) is 0 Å². The molecule has 2 heterocycles. The molecular formula is C37H55NO2. The number of pyridine rings is 1. The quantitative estimate of drug-likeness (QED) is 0.415. The molecular weight excluding hydrogens is 490 g/mol. The van der Waals surface area contributed by atoms with E-state index in [9.17, 15) is 5.11 Å². The van der Waals surface area contributed by atoms with Crippen molar-refractivity contribution in [2.45, 2.75) is 149 Å². The minimum atomic E-state index is -0.456. The van der Waals surface area contributed by atoms with Gasteiger partial charge >= 0.3 is 0 Å². The molecule has 3 aliphatic carbocycles. The maximum Gasteiger partial charge on any atom is 0.111 e. The van der Waals surface area contributed by atoms with Crippen molar-refractivity contribution in [3.05, 3.63) is 63.5 Å². The minimum Gasteiger partial charge on any atom is -0.388 e. The summed E-state index contributed by atoms with van der Waals surface area (Å²) in [5.74, 6) is 2.37. The van der Waals surface area contributed by atoms with Crippen LogP contribution in [0.25, 0.3) is 0 Å². The van der Waals surface area contributed by atoms with Crippen molar-refractivity contribution in [2.24, 2.45) is 17.3 Å². The summed E-state index contributed by atoms with van der Waals surface area (Å²) in [6.45, 7) is 18.1. The summed E-state index contributed by atoms with van der Waals surface area (Å²) in [5, 5.41) is 11.6. The molecule has 2 saturated carbocycles. The predicted octanol–water partition coefficient (Wildman–Crippen LogP) is 10.1. The van der Waals surface area contributed by atoms with Crippen LogP contribution in [0.5, 0.6) is 0 Å². The van der Waals surface area contributed by atoms with E-state index in [0.29, 0.717) is 17.8 Å². The van der Waals surface area contributed by atoms with Crippen molar-refractivity contribution >= 4 is 0 Å². The number of fused-ring (bicyclic) bond motifs is 4. The zero-order valence-corrected chi connectivity index (χ0v) is 26.6. The van der Waals surface area contributed by atoms with Gasteiger partial charge in [0.15, 0.2) is 0 Å². The summed E-state index contributed by atoms with van der Waals surface area (Å²) >= 11 is 0. The number of aliphatic hydroxyl groups is 1. The van der Waals surface area contributed by atoms with E-state index in [2.05, 4.69) is 79.7 Å². The van der Waals surface area contributed by atoms with Crippen molar-refractivity contribution in [1.82, 2.24) is 4.98 Å². The van der Waals surface area contributed by atoms with E-state index < -0.39 is 6.10 Å². The van der Waals surface area contributed by atoms with Gasteiger partial charge in [0, 0.05) is 22.7 Å². The van der Waals surface area contributed by atoms with Gasteiger partial charge in [-0.3, -0.25) is 4.98 Å². The van der Waals surface area contributed by atoms with Gasteiger partial charge in [-0.25, -0.2) is 0 Å². The first kappa shape index (κ1) is 29.8. The van der Waals surface area contributed by atoms with Gasteiger partial charge in [-0.2, -0.15) is 0 Å². The maximum absolute atomic E-state index is 11.6. The molecule has 1 aliphatic heterocycles. The molecule has 1 spiro atoms. The molecule has 1 aromatic heterocycles. The Bertz CT molecular complexity index is 1170. The first-order valence-corrected chi connectivity index (χ1v) is 16.5. The molecule has 2 fully saturated rings. The SMILES string of the molecule is CC(C)c1ccc(C2OC3(CCCC3C)c3c4c(nc(C5CCCC5)c32)CC(C)(C)CC4O)cc1.CCC(C)C. The molecule has 0 radical (unpaired) electrons. The van der Waals surface area contributed by atoms with Gasteiger partial charge in [-0.15, -0.1) is 0 Å². The van der Waals surface area contributed by atoms with E-state index in [1.165, 1.54) is 72.9 Å². The van der Waals surface area contributed by atoms with Crippen LogP contribution in [-0.4, -0.2) is 10.1 Å². The molecule has 4 aliphatic rings. The van der Waals surface area contributed by atoms with Crippen molar-refractivity contribution in [3.8, 4) is 0 Å². The molecule has 0 saturated heterocycles. The van der Waals surface area contributed by atoms with Crippen molar-refractivity contribution < 1.29 is 9.84 Å². The zero-order chi connectivity index (χ0) is 28.8. The van der Waals surface area contributed by atoms with Crippen LogP contribution < -0.4 is 0 Å². The van der Waals surface area contributed by atoms with Crippen molar-refractivity contribution in [2.75, 3.05) is 0 Å². The second-order valence-electron chi connectivity index (χ2n) is 15.0. The summed E-state index contributed by atoms with van der Waals surface area (Å²) < 4.78 is 7.29. The summed E-state index contributed by atoms with van der Waals surface area (Å²) in [5.41, 5.74) is 8.68. The molecule has 3 nitrogen and oxygen atoms in total. The Morgan fingerprint density at radius 3 is 2.17 bits per heavy atom. The topological polar surface area (TPSA) is 42.4 Å². The van der Waals surface area contributed by atoms with Crippen molar-refractivity contribution in [3.63, 3.8) is 0 Å². The molecule has 0 bridgehead atoms. The van der Waals surface area contributed by atoms with Crippen LogP contribution in [0.1, 0.15) is 176 Å². The zero-order valence-electron chi connectivity index (χ0n) is 26.6. The third-order valence-corrected chi connectivity index (χ3v) is 10.6. The Balaban J connectivity index is 0.000000595. The van der Waals surface area contributed by atoms with Gasteiger partial charge in [0.1, 0.15) is 6.10 Å². The standard InChI is InChI=1S/C32H43NO2.C5H12/c1-19(2)21-12-14-23(15-13-21)30-27-28(32(35-30)16-8-9-20(32)3)26-24(17-31(4,5)18-25(26)34)33-29(27)22-10-6-7-11-22;1-4-5(2)3/h12-15,19-20,22,25,30,34H,6-11,16-18H2,1-5H3;5H,4H2,1-3H3. The van der Waals surface area contributed by atoms with E-state index in [1.807, 2.05) is 0 Å². The van der Waals surface area contributed by atoms with Gasteiger partial charge in [0.2, 0.25) is 0 Å². The highest BCUT2D eigenvalue weighted by Gasteiger charge is 2.56. The van der Waals surface area contributed by atoms with E-state index in [4.69, 9.17) is 9.72 Å². The van der Waals surface area contributed by atoms with Crippen LogP contribution in [-0.2, 0) is 16.8 Å². The largest absolute Gasteiger partial charge is 0.388 e. The maximum atomic E-state index is 11.6. The molecule has 1 N–H and O–H groups in total. The molecule has 220 valence electrons. The fourth-order valence-electron chi connectivity index (χ4n) is 7.88. The third kappa shape index (κ3) is 5.42. The van der Waals surface area contributed by atoms with Gasteiger partial charge in [0.25, 0.3) is 0 Å². The van der Waals surface area contributed by atoms with Gasteiger partial charge < -0.3 is 9.84 Å². The van der Waals surface area contributed by atoms with E-state index in [1.54, 1.807) is 0 Å². The van der Waals surface area contributed by atoms with E-state index in [0.717, 1.165) is 36.4 Å². The van der Waals surface area contributed by atoms with Crippen LogP contribution >= 0.6 is 0 Å². The van der Waals surface area contributed by atoms with E-state index >= 15 is 0 Å². The summed E-state index contributed by atoms with van der Waals surface area (Å²) in [6, 6.07) is 9.15. The summed E-state index contributed by atoms with van der Waals surface area (Å²) in [6.07, 6.45) is 11.0. The second-order valence-corrected chi connectivity index (χ2v) is 15.0. The van der Waals surface area contributed by atoms with Gasteiger partial charge in [-0.1, -0.05) is 98.9 Å². The second kappa shape index (κ2) is 11.5. The fraction of sp³-hybridized carbons (Fsp3) is 0.703.